The molecule has 13 N–H and O–H groups in total. The predicted octanol–water partition coefficient (Wildman–Crippen LogP) is 1.75. The normalized spacial score (nSPS) is 30.3. The number of rotatable bonds is 29. The second kappa shape index (κ2) is 43.9. The molecule has 0 bridgehead atoms. The Bertz CT molecular complexity index is 2760. The largest absolute Gasteiger partial charge is 0.394 e. The molecule has 38 heteroatoms. The van der Waals surface area contributed by atoms with Crippen molar-refractivity contribution in [3.63, 3.8) is 0 Å². The number of carbonyl (C=O) groups is 4. The van der Waals surface area contributed by atoms with Crippen molar-refractivity contribution in [3.05, 3.63) is 61.5 Å². The van der Waals surface area contributed by atoms with Gasteiger partial charge in [-0.1, -0.05) is 44.6 Å². The van der Waals surface area contributed by atoms with Crippen molar-refractivity contribution >= 4 is 103 Å². The third-order valence-electron chi connectivity index (χ3n) is 14.6. The zero-order chi connectivity index (χ0) is 72.3. The summed E-state index contributed by atoms with van der Waals surface area (Å²) in [6.07, 6.45) is -15.1. The number of H-pyrrole nitrogens is 1. The molecule has 0 saturated carbocycles. The van der Waals surface area contributed by atoms with E-state index in [1.807, 2.05) is 6.26 Å². The Morgan fingerprint density at radius 3 is 1.39 bits per heavy atom. The van der Waals surface area contributed by atoms with Crippen LogP contribution in [0, 0.1) is 36.7 Å². The van der Waals surface area contributed by atoms with E-state index >= 15 is 0 Å². The van der Waals surface area contributed by atoms with Crippen molar-refractivity contribution in [2.75, 3.05) is 50.3 Å². The summed E-state index contributed by atoms with van der Waals surface area (Å²) in [7, 11) is 5.49. The Morgan fingerprint density at radius 1 is 0.625 bits per heavy atom. The van der Waals surface area contributed by atoms with Crippen LogP contribution in [0.2, 0.25) is 0 Å². The van der Waals surface area contributed by atoms with Crippen LogP contribution in [0.1, 0.15) is 82.1 Å². The van der Waals surface area contributed by atoms with Crippen molar-refractivity contribution in [2.24, 2.45) is 11.8 Å². The molecule has 20 atom stereocenters. The van der Waals surface area contributed by atoms with E-state index in [1.54, 1.807) is 89.4 Å². The summed E-state index contributed by atoms with van der Waals surface area (Å²) in [4.78, 5) is 77.6. The van der Waals surface area contributed by atoms with Crippen molar-refractivity contribution < 1.29 is 108 Å². The number of nitrogens with zero attached hydrogens (tertiary/aromatic N) is 3. The summed E-state index contributed by atoms with van der Waals surface area (Å²) in [6, 6.07) is 3.93. The number of thiol groups is 1. The number of hydrogen-bond acceptors (Lipinski definition) is 31. The third-order valence-corrected chi connectivity index (χ3v) is 19.0. The lowest BCUT2D eigenvalue weighted by Gasteiger charge is -2.48. The molecule has 0 aromatic carbocycles. The summed E-state index contributed by atoms with van der Waals surface area (Å²) in [5, 5.41) is 119. The molecule has 4 saturated heterocycles. The Kier molecular flexibility index (Phi) is 39.5. The summed E-state index contributed by atoms with van der Waals surface area (Å²) >= 11 is 8.16. The van der Waals surface area contributed by atoms with E-state index < -0.39 is 175 Å². The minimum Gasteiger partial charge on any atom is -0.394 e. The molecule has 6 heterocycles. The number of aliphatic hydroxyl groups is 8. The van der Waals surface area contributed by atoms with Gasteiger partial charge >= 0.3 is 11.4 Å². The van der Waals surface area contributed by atoms with Crippen molar-refractivity contribution in [2.45, 2.75) is 222 Å². The van der Waals surface area contributed by atoms with E-state index in [1.165, 1.54) is 55.1 Å². The molecule has 96 heavy (non-hydrogen) atoms. The van der Waals surface area contributed by atoms with Gasteiger partial charge in [0.05, 0.1) is 84.0 Å². The highest BCUT2D eigenvalue weighted by atomic mass is 33.1. The lowest BCUT2D eigenvalue weighted by Crippen LogP contribution is -2.66. The fraction of sp³-hybridized carbons (Fsp3) is 0.759. The van der Waals surface area contributed by atoms with Gasteiger partial charge in [0, 0.05) is 74.8 Å². The van der Waals surface area contributed by atoms with Gasteiger partial charge in [0.15, 0.2) is 34.5 Å². The van der Waals surface area contributed by atoms with Crippen LogP contribution in [0.3, 0.4) is 0 Å². The number of carbonyl (C=O) groups excluding carboxylic acids is 4. The van der Waals surface area contributed by atoms with Crippen LogP contribution < -0.4 is 21.3 Å². The molecular weight excluding hydrogens is 1390 g/mol. The van der Waals surface area contributed by atoms with Gasteiger partial charge in [0.2, 0.25) is 11.8 Å². The molecule has 2 aromatic rings. The number of nitro groups is 2. The van der Waals surface area contributed by atoms with Crippen molar-refractivity contribution in [1.29, 1.82) is 0 Å². The first-order chi connectivity index (χ1) is 45.4. The number of amides is 4. The second-order valence-corrected chi connectivity index (χ2v) is 28.7. The van der Waals surface area contributed by atoms with Crippen LogP contribution in [0.4, 0.5) is 11.4 Å². The first-order valence-corrected chi connectivity index (χ1v) is 37.2. The smallest absolute Gasteiger partial charge is 0.303 e. The van der Waals surface area contributed by atoms with E-state index in [9.17, 15) is 80.3 Å². The molecule has 4 amide bonds. The number of nitrogens with one attached hydrogen (secondary N) is 5. The average molecular weight is 1480 g/mol. The molecular formula is C58H96N8O24S6. The topological polar surface area (TPSA) is 467 Å². The van der Waals surface area contributed by atoms with E-state index in [2.05, 4.69) is 56.1 Å². The second-order valence-electron chi connectivity index (χ2n) is 23.2. The van der Waals surface area contributed by atoms with Gasteiger partial charge in [-0.05, 0) is 104 Å². The fourth-order valence-electron chi connectivity index (χ4n) is 10.6. The summed E-state index contributed by atoms with van der Waals surface area (Å²) in [6.45, 7) is 16.0. The first-order valence-electron chi connectivity index (χ1n) is 30.8. The lowest BCUT2D eigenvalue weighted by molar-refractivity contribution is -0.388. The Labute approximate surface area is 584 Å². The molecule has 548 valence electrons. The molecule has 6 rings (SSSR count). The minimum atomic E-state index is -1.56. The van der Waals surface area contributed by atoms with Gasteiger partial charge < -0.3 is 105 Å². The highest BCUT2D eigenvalue weighted by molar-refractivity contribution is 8.76. The summed E-state index contributed by atoms with van der Waals surface area (Å²) in [5.41, 5.74) is -0.188. The van der Waals surface area contributed by atoms with Gasteiger partial charge in [-0.3, -0.25) is 39.4 Å². The van der Waals surface area contributed by atoms with Crippen molar-refractivity contribution in [3.8, 4) is 0 Å². The molecule has 4 aliphatic rings. The maximum Gasteiger partial charge on any atom is 0.303 e. The number of aromatic nitrogens is 2. The fourth-order valence-corrected chi connectivity index (χ4v) is 13.9. The molecule has 0 aliphatic carbocycles. The van der Waals surface area contributed by atoms with E-state index in [0.29, 0.717) is 18.1 Å². The van der Waals surface area contributed by atoms with E-state index in [0.717, 1.165) is 10.8 Å². The third kappa shape index (κ3) is 26.7. The maximum absolute atomic E-state index is 13.4. The van der Waals surface area contributed by atoms with Crippen LogP contribution in [0.25, 0.3) is 0 Å². The molecule has 4 aliphatic heterocycles. The van der Waals surface area contributed by atoms with Crippen molar-refractivity contribution in [1.82, 2.24) is 31.2 Å². The molecule has 4 fully saturated rings. The molecule has 0 spiro atoms. The lowest BCUT2D eigenvalue weighted by atomic mass is 9.80. The van der Waals surface area contributed by atoms with Gasteiger partial charge in [-0.2, -0.15) is 12.6 Å². The number of aliphatic hydroxyl groups excluding tert-OH is 8. The molecule has 32 nitrogen and oxygen atoms in total. The van der Waals surface area contributed by atoms with Gasteiger partial charge in [0.25, 0.3) is 11.8 Å². The minimum absolute atomic E-state index is 0.0579. The summed E-state index contributed by atoms with van der Waals surface area (Å²) < 4.78 is 47.1. The number of ether oxygens (including phenoxy) is 8. The standard InChI is InChI=1S/C28H44N4O12S2.C24H44N2O10S2.C5H4N2O2S.CH4S/c1-13(2)41-24-23(37)22(36)18(11-16-20(31-15(5)34)28(42-14(3)4)44-19(12-33)21(16)35)43-25(24)26(38)29-9-10-45-46-27-17(32(39)40)7-6-8-30-27;1-11(2)33-21-20(31)19(30)15(35-22(21)23(32)25-7-8-38-37-6)9-14-17(26-13(5)28)24(34-12(3)4)36-16(10-27)18(14)29;8-7(9)4-2-1-3-6-5(4)10;1-2/h6-8,13-14,16,18-25,28,33,35-37H,9-12H2,1-5H3,(H,29,38)(H,31,34);11-12,14-22,24,27,29-31H,7-10H2,1-6H3,(H,25,32)(H,26,28);1-3H,(H,6,10);2H,1H3. The van der Waals surface area contributed by atoms with Crippen LogP contribution in [0.15, 0.2) is 41.7 Å². The molecule has 20 unspecified atom stereocenters. The van der Waals surface area contributed by atoms with E-state index in [-0.39, 0.29) is 58.7 Å². The van der Waals surface area contributed by atoms with Gasteiger partial charge in [-0.15, -0.1) is 0 Å². The molecule has 2 aromatic heterocycles. The first kappa shape index (κ1) is 86.5. The van der Waals surface area contributed by atoms with Crippen LogP contribution in [-0.4, -0.2) is 269 Å². The SMILES string of the molecule is CC(=O)NC1C(OC(C)C)OC(CO)C(O)C1CC1OC(C(=O)NCCSSc2ncccc2[N+](=O)[O-])C(OC(C)C)C(O)C1O.CS.CSSCCNC(=O)C1OC(CC2C(O)C(CO)OC(OC(C)C)C2NC(C)=O)C(O)C(O)C1OC(C)C.O=[N+]([O-])c1ccc[nH]c1=S. The number of pyridine rings is 2. The number of aromatic amines is 1. The molecule has 0 radical (unpaired) electrons. The quantitative estimate of drug-likeness (QED) is 0.0138. The Hall–Kier alpha value is -3.69. The summed E-state index contributed by atoms with van der Waals surface area (Å²) in [5.74, 6) is -2.65. The monoisotopic (exact) mass is 1480 g/mol. The Morgan fingerprint density at radius 2 is 1.03 bits per heavy atom. The average Bonchev–Trinajstić information content (AvgIpc) is 0.783. The maximum atomic E-state index is 13.4. The zero-order valence-electron chi connectivity index (χ0n) is 55.4. The van der Waals surface area contributed by atoms with Crippen LogP contribution in [-0.2, 0) is 57.1 Å². The van der Waals surface area contributed by atoms with Gasteiger partial charge in [0.1, 0.15) is 48.8 Å². The zero-order valence-corrected chi connectivity index (χ0v) is 60.4. The highest BCUT2D eigenvalue weighted by Crippen LogP contribution is 2.39. The number of hydrogen-bond donors (Lipinski definition) is 14. The predicted molar refractivity (Wildman–Crippen MR) is 363 cm³/mol. The van der Waals surface area contributed by atoms with E-state index in [4.69, 9.17) is 37.9 Å². The van der Waals surface area contributed by atoms with Crippen LogP contribution >= 0.6 is 68.0 Å². The highest BCUT2D eigenvalue weighted by Gasteiger charge is 2.55. The Balaban J connectivity index is 0.000000431. The van der Waals surface area contributed by atoms with Gasteiger partial charge in [-0.25, -0.2) is 4.98 Å². The van der Waals surface area contributed by atoms with Crippen LogP contribution in [0.5, 0.6) is 0 Å².